The zero-order valence-corrected chi connectivity index (χ0v) is 18.0. The van der Waals surface area contributed by atoms with Gasteiger partial charge in [0.2, 0.25) is 0 Å². The molecule has 1 aromatic rings. The zero-order valence-electron chi connectivity index (χ0n) is 17.2. The topological polar surface area (TPSA) is 89.5 Å². The maximum absolute atomic E-state index is 12.2. The van der Waals surface area contributed by atoms with E-state index in [1.807, 2.05) is 6.92 Å². The van der Waals surface area contributed by atoms with E-state index in [1.54, 1.807) is 51.1 Å². The Labute approximate surface area is 168 Å². The summed E-state index contributed by atoms with van der Waals surface area (Å²) < 4.78 is 29.6. The van der Waals surface area contributed by atoms with E-state index in [0.717, 1.165) is 18.4 Å². The lowest BCUT2D eigenvalue weighted by Crippen LogP contribution is -2.32. The summed E-state index contributed by atoms with van der Waals surface area (Å²) in [7, 11) is -3.44. The summed E-state index contributed by atoms with van der Waals surface area (Å²) in [6, 6.07) is 6.62. The number of unbranched alkanes of at least 4 members (excludes halogenated alkanes) is 2. The van der Waals surface area contributed by atoms with Crippen molar-refractivity contribution in [1.29, 1.82) is 0 Å². The Morgan fingerprint density at radius 3 is 2.36 bits per heavy atom. The van der Waals surface area contributed by atoms with Crippen LogP contribution in [0, 0.1) is 6.92 Å². The van der Waals surface area contributed by atoms with Crippen molar-refractivity contribution < 1.29 is 22.7 Å². The lowest BCUT2D eigenvalue weighted by molar-refractivity contribution is -0.114. The van der Waals surface area contributed by atoms with Crippen molar-refractivity contribution in [3.05, 3.63) is 42.0 Å². The number of amides is 1. The third-order valence-corrected chi connectivity index (χ3v) is 5.50. The van der Waals surface area contributed by atoms with Crippen LogP contribution >= 0.6 is 0 Å². The highest BCUT2D eigenvalue weighted by Crippen LogP contribution is 2.13. The smallest absolute Gasteiger partial charge is 0.407 e. The van der Waals surface area contributed by atoms with Crippen LogP contribution in [0.15, 0.2) is 41.3 Å². The molecule has 156 valence electrons. The van der Waals surface area contributed by atoms with Crippen LogP contribution < -0.4 is 5.32 Å². The molecule has 1 aromatic carbocycles. The molecule has 7 heteroatoms. The van der Waals surface area contributed by atoms with E-state index in [4.69, 9.17) is 4.74 Å². The van der Waals surface area contributed by atoms with Crippen LogP contribution in [0.25, 0.3) is 0 Å². The molecule has 0 aromatic heterocycles. The van der Waals surface area contributed by atoms with E-state index in [-0.39, 0.29) is 22.9 Å². The first kappa shape index (κ1) is 23.9. The molecule has 0 aliphatic heterocycles. The first-order valence-electron chi connectivity index (χ1n) is 9.45. The minimum Gasteiger partial charge on any atom is -0.444 e. The highest BCUT2D eigenvalue weighted by molar-refractivity contribution is 7.91. The Balaban J connectivity index is 2.23. The monoisotopic (exact) mass is 409 g/mol. The van der Waals surface area contributed by atoms with Crippen molar-refractivity contribution in [2.24, 2.45) is 0 Å². The summed E-state index contributed by atoms with van der Waals surface area (Å²) in [6.07, 6.45) is 4.97. The van der Waals surface area contributed by atoms with Gasteiger partial charge in [-0.05, 0) is 65.2 Å². The number of allylic oxidation sites excluding steroid dienone is 2. The van der Waals surface area contributed by atoms with Gasteiger partial charge in [0.1, 0.15) is 5.60 Å². The van der Waals surface area contributed by atoms with Crippen LogP contribution in [0.4, 0.5) is 4.79 Å². The lowest BCUT2D eigenvalue weighted by Gasteiger charge is -2.19. The van der Waals surface area contributed by atoms with Crippen LogP contribution in [-0.4, -0.2) is 38.2 Å². The molecule has 1 amide bonds. The van der Waals surface area contributed by atoms with E-state index >= 15 is 0 Å². The number of carbonyl (C=O) groups is 2. The molecule has 0 saturated carbocycles. The normalized spacial score (nSPS) is 12.1. The highest BCUT2D eigenvalue weighted by atomic mass is 32.2. The van der Waals surface area contributed by atoms with Gasteiger partial charge in [0.15, 0.2) is 15.6 Å². The van der Waals surface area contributed by atoms with Gasteiger partial charge in [0.05, 0.1) is 10.6 Å². The predicted molar refractivity (Wildman–Crippen MR) is 110 cm³/mol. The molecule has 0 saturated heterocycles. The molecule has 0 aliphatic rings. The van der Waals surface area contributed by atoms with Gasteiger partial charge in [0.25, 0.3) is 0 Å². The fraction of sp³-hybridized carbons (Fsp3) is 0.524. The number of carbonyl (C=O) groups excluding carboxylic acids is 2. The average Bonchev–Trinajstić information content (AvgIpc) is 2.58. The second kappa shape index (κ2) is 11.0. The summed E-state index contributed by atoms with van der Waals surface area (Å²) in [5, 5.41) is 2.68. The van der Waals surface area contributed by atoms with E-state index in [0.29, 0.717) is 13.0 Å². The summed E-state index contributed by atoms with van der Waals surface area (Å²) >= 11 is 0. The number of benzene rings is 1. The molecule has 1 rings (SSSR count). The number of alkyl carbamates (subject to hydrolysis) is 1. The number of aryl methyl sites for hydroxylation is 1. The summed E-state index contributed by atoms with van der Waals surface area (Å²) in [6.45, 7) is 7.81. The third-order valence-electron chi connectivity index (χ3n) is 3.77. The van der Waals surface area contributed by atoms with Gasteiger partial charge in [-0.1, -0.05) is 23.8 Å². The quantitative estimate of drug-likeness (QED) is 0.466. The largest absolute Gasteiger partial charge is 0.444 e. The Hall–Kier alpha value is -2.15. The Morgan fingerprint density at radius 1 is 1.11 bits per heavy atom. The SMILES string of the molecule is Cc1ccc(S(=O)(=O)CCC(=O)/C=C/CCCCNC(=O)OC(C)(C)C)cc1. The second-order valence-corrected chi connectivity index (χ2v) is 9.78. The van der Waals surface area contributed by atoms with Gasteiger partial charge >= 0.3 is 6.09 Å². The van der Waals surface area contributed by atoms with E-state index in [1.165, 1.54) is 6.08 Å². The van der Waals surface area contributed by atoms with Gasteiger partial charge in [0, 0.05) is 13.0 Å². The van der Waals surface area contributed by atoms with Gasteiger partial charge in [-0.2, -0.15) is 0 Å². The number of nitrogens with one attached hydrogen (secondary N) is 1. The molecule has 0 atom stereocenters. The molecule has 0 spiro atoms. The lowest BCUT2D eigenvalue weighted by atomic mass is 10.2. The number of hydrogen-bond donors (Lipinski definition) is 1. The van der Waals surface area contributed by atoms with E-state index in [9.17, 15) is 18.0 Å². The third kappa shape index (κ3) is 10.3. The molecule has 0 radical (unpaired) electrons. The minimum atomic E-state index is -3.44. The zero-order chi connectivity index (χ0) is 21.2. The standard InChI is InChI=1S/C21H31NO5S/c1-17-10-12-19(13-11-17)28(25,26)16-14-18(23)9-7-5-6-8-15-22-20(24)27-21(2,3)4/h7,9-13H,5-6,8,14-16H2,1-4H3,(H,22,24)/b9-7+. The van der Waals surface area contributed by atoms with Crippen LogP contribution in [0.3, 0.4) is 0 Å². The molecule has 0 aliphatic carbocycles. The molecule has 0 unspecified atom stereocenters. The van der Waals surface area contributed by atoms with Crippen molar-refractivity contribution in [2.75, 3.05) is 12.3 Å². The molecule has 1 N–H and O–H groups in total. The maximum atomic E-state index is 12.2. The van der Waals surface area contributed by atoms with Gasteiger partial charge < -0.3 is 10.1 Å². The van der Waals surface area contributed by atoms with Gasteiger partial charge in [-0.25, -0.2) is 13.2 Å². The van der Waals surface area contributed by atoms with Gasteiger partial charge in [-0.15, -0.1) is 0 Å². The van der Waals surface area contributed by atoms with Crippen molar-refractivity contribution in [3.8, 4) is 0 Å². The predicted octanol–water partition coefficient (Wildman–Crippen LogP) is 3.98. The summed E-state index contributed by atoms with van der Waals surface area (Å²) in [5.41, 5.74) is 0.472. The first-order valence-corrected chi connectivity index (χ1v) is 11.1. The van der Waals surface area contributed by atoms with Gasteiger partial charge in [-0.3, -0.25) is 4.79 Å². The number of sulfone groups is 1. The minimum absolute atomic E-state index is 0.0348. The average molecular weight is 410 g/mol. The summed E-state index contributed by atoms with van der Waals surface area (Å²) in [4.78, 5) is 23.6. The first-order chi connectivity index (χ1) is 13.0. The Kier molecular flexibility index (Phi) is 9.38. The number of ether oxygens (including phenoxy) is 1. The van der Waals surface area contributed by atoms with Crippen molar-refractivity contribution >= 4 is 21.7 Å². The second-order valence-electron chi connectivity index (χ2n) is 7.68. The van der Waals surface area contributed by atoms with Crippen molar-refractivity contribution in [2.45, 2.75) is 63.9 Å². The number of rotatable bonds is 10. The molecule has 28 heavy (non-hydrogen) atoms. The van der Waals surface area contributed by atoms with Crippen molar-refractivity contribution in [1.82, 2.24) is 5.32 Å². The molecular formula is C21H31NO5S. The fourth-order valence-electron chi connectivity index (χ4n) is 2.29. The molecule has 6 nitrogen and oxygen atoms in total. The van der Waals surface area contributed by atoms with E-state index in [2.05, 4.69) is 5.32 Å². The van der Waals surface area contributed by atoms with Crippen LogP contribution in [0.2, 0.25) is 0 Å². The summed E-state index contributed by atoms with van der Waals surface area (Å²) in [5.74, 6) is -0.401. The number of hydrogen-bond acceptors (Lipinski definition) is 5. The fourth-order valence-corrected chi connectivity index (χ4v) is 3.54. The van der Waals surface area contributed by atoms with Crippen LogP contribution in [-0.2, 0) is 19.4 Å². The Morgan fingerprint density at radius 2 is 1.75 bits per heavy atom. The molecule has 0 bridgehead atoms. The molecular weight excluding hydrogens is 378 g/mol. The Bertz CT molecular complexity index is 774. The van der Waals surface area contributed by atoms with Crippen molar-refractivity contribution in [3.63, 3.8) is 0 Å². The van der Waals surface area contributed by atoms with Crippen LogP contribution in [0.1, 0.15) is 52.0 Å². The maximum Gasteiger partial charge on any atom is 0.407 e. The van der Waals surface area contributed by atoms with Crippen LogP contribution in [0.5, 0.6) is 0 Å². The molecule has 0 fully saturated rings. The molecule has 0 heterocycles. The highest BCUT2D eigenvalue weighted by Gasteiger charge is 2.16. The number of ketones is 1. The van der Waals surface area contributed by atoms with E-state index < -0.39 is 21.5 Å².